The summed E-state index contributed by atoms with van der Waals surface area (Å²) in [5.74, 6) is 0.565. The van der Waals surface area contributed by atoms with Crippen LogP contribution in [0.4, 0.5) is 0 Å². The largest absolute Gasteiger partial charge is 0.332 e. The summed E-state index contributed by atoms with van der Waals surface area (Å²) >= 11 is 12.6. The molecule has 5 aromatic rings. The number of aryl methyl sites for hydroxylation is 3. The molecule has 0 saturated heterocycles. The third-order valence-corrected chi connectivity index (χ3v) is 6.28. The maximum Gasteiger partial charge on any atom is 0.332 e. The van der Waals surface area contributed by atoms with Crippen LogP contribution in [0.1, 0.15) is 5.56 Å². The van der Waals surface area contributed by atoms with E-state index in [4.69, 9.17) is 23.2 Å². The minimum absolute atomic E-state index is 0.342. The van der Waals surface area contributed by atoms with Gasteiger partial charge in [-0.15, -0.1) is 0 Å². The van der Waals surface area contributed by atoms with E-state index in [-0.39, 0.29) is 0 Å². The van der Waals surface area contributed by atoms with Gasteiger partial charge in [0, 0.05) is 37.4 Å². The van der Waals surface area contributed by atoms with Crippen LogP contribution in [0.2, 0.25) is 10.0 Å². The van der Waals surface area contributed by atoms with E-state index in [1.54, 1.807) is 23.6 Å². The minimum Gasteiger partial charge on any atom is -0.309 e. The summed E-state index contributed by atoms with van der Waals surface area (Å²) in [7, 11) is 3.08. The molecule has 2 aromatic carbocycles. The Morgan fingerprint density at radius 3 is 2.44 bits per heavy atom. The van der Waals surface area contributed by atoms with Crippen molar-refractivity contribution in [3.05, 3.63) is 91.2 Å². The number of fused-ring (bicyclic) bond motifs is 3. The zero-order chi connectivity index (χ0) is 22.6. The zero-order valence-electron chi connectivity index (χ0n) is 17.4. The summed E-state index contributed by atoms with van der Waals surface area (Å²) in [4.78, 5) is 30.1. The first-order chi connectivity index (χ1) is 15.4. The average molecular weight is 468 g/mol. The molecule has 0 atom stereocenters. The van der Waals surface area contributed by atoms with Crippen LogP contribution in [0.5, 0.6) is 0 Å². The van der Waals surface area contributed by atoms with Crippen LogP contribution in [-0.2, 0) is 27.1 Å². The third kappa shape index (κ3) is 3.16. The van der Waals surface area contributed by atoms with Crippen LogP contribution >= 0.6 is 23.2 Å². The molecule has 32 heavy (non-hydrogen) atoms. The van der Waals surface area contributed by atoms with Gasteiger partial charge in [0.1, 0.15) is 0 Å². The standard InChI is InChI=1S/C23H19Cl2N5O2/c1-27-20-19(21(31)28(2)23(27)32)30-13-18(16-9-8-15(24)12-17(16)25)29(22(30)26-20)11-10-14-6-4-3-5-7-14/h3-9,12-13H,10-11H2,1-2H3. The van der Waals surface area contributed by atoms with E-state index in [1.807, 2.05) is 35.0 Å². The monoisotopic (exact) mass is 467 g/mol. The highest BCUT2D eigenvalue weighted by molar-refractivity contribution is 6.36. The third-order valence-electron chi connectivity index (χ3n) is 5.73. The molecule has 0 saturated carbocycles. The molecule has 0 aliphatic heterocycles. The molecule has 3 aromatic heterocycles. The predicted molar refractivity (Wildman–Crippen MR) is 127 cm³/mol. The first kappa shape index (κ1) is 20.6. The van der Waals surface area contributed by atoms with Gasteiger partial charge in [-0.25, -0.2) is 4.79 Å². The summed E-state index contributed by atoms with van der Waals surface area (Å²) in [5.41, 5.74) is 2.63. The fourth-order valence-corrected chi connectivity index (χ4v) is 4.54. The van der Waals surface area contributed by atoms with E-state index in [1.165, 1.54) is 17.2 Å². The summed E-state index contributed by atoms with van der Waals surface area (Å²) in [6.45, 7) is 0.604. The number of imidazole rings is 2. The highest BCUT2D eigenvalue weighted by Gasteiger charge is 2.21. The molecule has 0 unspecified atom stereocenters. The van der Waals surface area contributed by atoms with E-state index in [0.29, 0.717) is 33.5 Å². The van der Waals surface area contributed by atoms with E-state index >= 15 is 0 Å². The van der Waals surface area contributed by atoms with Crippen LogP contribution in [0, 0.1) is 0 Å². The zero-order valence-corrected chi connectivity index (χ0v) is 18.9. The molecule has 0 amide bonds. The quantitative estimate of drug-likeness (QED) is 0.402. The second-order valence-corrected chi connectivity index (χ2v) is 8.53. The number of hydrogen-bond donors (Lipinski definition) is 0. The van der Waals surface area contributed by atoms with E-state index in [0.717, 1.165) is 22.2 Å². The SMILES string of the molecule is Cn1c(=O)c2c(nc3n(CCc4ccccc4)c(-c4ccc(Cl)cc4Cl)cn23)n(C)c1=O. The van der Waals surface area contributed by atoms with Crippen molar-refractivity contribution in [1.82, 2.24) is 23.1 Å². The van der Waals surface area contributed by atoms with Gasteiger partial charge in [0.25, 0.3) is 5.56 Å². The Morgan fingerprint density at radius 1 is 0.969 bits per heavy atom. The Hall–Kier alpha value is -3.29. The van der Waals surface area contributed by atoms with Crippen molar-refractivity contribution in [2.75, 3.05) is 0 Å². The second kappa shape index (κ2) is 7.69. The summed E-state index contributed by atoms with van der Waals surface area (Å²) in [5, 5.41) is 1.05. The van der Waals surface area contributed by atoms with Crippen LogP contribution < -0.4 is 11.2 Å². The van der Waals surface area contributed by atoms with E-state index < -0.39 is 11.2 Å². The number of hydrogen-bond acceptors (Lipinski definition) is 3. The molecule has 0 N–H and O–H groups in total. The Labute approximate surface area is 192 Å². The van der Waals surface area contributed by atoms with Gasteiger partial charge in [-0.3, -0.25) is 18.3 Å². The number of benzene rings is 2. The lowest BCUT2D eigenvalue weighted by molar-refractivity contribution is 0.706. The van der Waals surface area contributed by atoms with Crippen molar-refractivity contribution in [1.29, 1.82) is 0 Å². The molecular weight excluding hydrogens is 449 g/mol. The van der Waals surface area contributed by atoms with Gasteiger partial charge in [-0.1, -0.05) is 53.5 Å². The van der Waals surface area contributed by atoms with Crippen LogP contribution in [0.3, 0.4) is 0 Å². The lowest BCUT2D eigenvalue weighted by Crippen LogP contribution is -2.37. The lowest BCUT2D eigenvalue weighted by Gasteiger charge is -2.11. The molecule has 7 nitrogen and oxygen atoms in total. The molecular formula is C23H19Cl2N5O2. The number of nitrogens with zero attached hydrogens (tertiary/aromatic N) is 5. The Kier molecular flexibility index (Phi) is 4.95. The molecule has 0 aliphatic rings. The molecule has 0 bridgehead atoms. The van der Waals surface area contributed by atoms with Gasteiger partial charge >= 0.3 is 5.69 Å². The molecule has 0 fully saturated rings. The molecule has 0 spiro atoms. The highest BCUT2D eigenvalue weighted by atomic mass is 35.5. The van der Waals surface area contributed by atoms with Gasteiger partial charge in [0.05, 0.1) is 10.7 Å². The Balaban J connectivity index is 1.80. The molecule has 0 aliphatic carbocycles. The average Bonchev–Trinajstić information content (AvgIpc) is 3.32. The van der Waals surface area contributed by atoms with Crippen molar-refractivity contribution >= 4 is 40.1 Å². The maximum atomic E-state index is 13.0. The topological polar surface area (TPSA) is 66.2 Å². The van der Waals surface area contributed by atoms with Gasteiger partial charge in [0.2, 0.25) is 5.78 Å². The predicted octanol–water partition coefficient (Wildman–Crippen LogP) is 3.90. The van der Waals surface area contributed by atoms with Gasteiger partial charge in [-0.05, 0) is 30.2 Å². The molecule has 9 heteroatoms. The maximum absolute atomic E-state index is 13.0. The number of rotatable bonds is 4. The lowest BCUT2D eigenvalue weighted by atomic mass is 10.1. The van der Waals surface area contributed by atoms with Crippen molar-refractivity contribution in [2.24, 2.45) is 14.1 Å². The summed E-state index contributed by atoms with van der Waals surface area (Å²) in [6, 6.07) is 15.4. The summed E-state index contributed by atoms with van der Waals surface area (Å²) in [6.07, 6.45) is 2.60. The normalized spacial score (nSPS) is 11.6. The number of halogens is 2. The molecule has 3 heterocycles. The summed E-state index contributed by atoms with van der Waals surface area (Å²) < 4.78 is 6.24. The first-order valence-electron chi connectivity index (χ1n) is 10.0. The molecule has 162 valence electrons. The van der Waals surface area contributed by atoms with Crippen molar-refractivity contribution in [3.63, 3.8) is 0 Å². The first-order valence-corrected chi connectivity index (χ1v) is 10.8. The Bertz CT molecular complexity index is 1610. The second-order valence-electron chi connectivity index (χ2n) is 7.69. The van der Waals surface area contributed by atoms with Crippen molar-refractivity contribution in [3.8, 4) is 11.3 Å². The van der Waals surface area contributed by atoms with Gasteiger partial charge < -0.3 is 4.57 Å². The van der Waals surface area contributed by atoms with Crippen LogP contribution in [-0.4, -0.2) is 23.1 Å². The van der Waals surface area contributed by atoms with Crippen molar-refractivity contribution < 1.29 is 0 Å². The van der Waals surface area contributed by atoms with E-state index in [2.05, 4.69) is 17.1 Å². The smallest absolute Gasteiger partial charge is 0.309 e. The number of aromatic nitrogens is 5. The van der Waals surface area contributed by atoms with Gasteiger partial charge in [0.15, 0.2) is 11.2 Å². The molecule has 5 rings (SSSR count). The molecule has 0 radical (unpaired) electrons. The fraction of sp³-hybridized carbons (Fsp3) is 0.174. The highest BCUT2D eigenvalue weighted by Crippen LogP contribution is 2.33. The Morgan fingerprint density at radius 2 is 1.72 bits per heavy atom. The van der Waals surface area contributed by atoms with Gasteiger partial charge in [-0.2, -0.15) is 4.98 Å². The van der Waals surface area contributed by atoms with Crippen LogP contribution in [0.15, 0.2) is 64.3 Å². The minimum atomic E-state index is -0.417. The van der Waals surface area contributed by atoms with Crippen LogP contribution in [0.25, 0.3) is 28.2 Å². The van der Waals surface area contributed by atoms with E-state index in [9.17, 15) is 9.59 Å². The van der Waals surface area contributed by atoms with Crippen molar-refractivity contribution in [2.45, 2.75) is 13.0 Å². The fourth-order valence-electron chi connectivity index (χ4n) is 4.03.